The average Bonchev–Trinajstić information content (AvgIpc) is 2.65. The second kappa shape index (κ2) is 9.27. The molecule has 2 rings (SSSR count). The maximum Gasteiger partial charge on any atom is 0.407 e. The van der Waals surface area contributed by atoms with E-state index in [4.69, 9.17) is 21.1 Å². The molecule has 2 atom stereocenters. The molecule has 2 aromatic carbocycles. The van der Waals surface area contributed by atoms with Crippen molar-refractivity contribution in [3.63, 3.8) is 0 Å². The molecular formula is C18H20ClNO5. The van der Waals surface area contributed by atoms with E-state index in [1.807, 2.05) is 30.3 Å². The second-order valence-electron chi connectivity index (χ2n) is 5.34. The van der Waals surface area contributed by atoms with Crippen LogP contribution in [0.1, 0.15) is 17.2 Å². The van der Waals surface area contributed by atoms with Gasteiger partial charge in [0.15, 0.2) is 0 Å². The van der Waals surface area contributed by atoms with E-state index in [9.17, 15) is 15.0 Å². The highest BCUT2D eigenvalue weighted by Crippen LogP contribution is 2.29. The number of amides is 1. The lowest BCUT2D eigenvalue weighted by Crippen LogP contribution is -2.35. The van der Waals surface area contributed by atoms with Crippen LogP contribution in [0.2, 0.25) is 5.02 Å². The molecule has 7 heteroatoms. The Labute approximate surface area is 151 Å². The van der Waals surface area contributed by atoms with E-state index in [1.165, 1.54) is 13.2 Å². The van der Waals surface area contributed by atoms with Gasteiger partial charge in [-0.05, 0) is 23.8 Å². The molecule has 1 amide bonds. The number of benzene rings is 2. The Kier molecular flexibility index (Phi) is 7.06. The van der Waals surface area contributed by atoms with Crippen molar-refractivity contribution in [1.82, 2.24) is 5.32 Å². The van der Waals surface area contributed by atoms with Gasteiger partial charge in [0.2, 0.25) is 0 Å². The molecule has 25 heavy (non-hydrogen) atoms. The summed E-state index contributed by atoms with van der Waals surface area (Å²) in [4.78, 5) is 11.7. The fourth-order valence-corrected chi connectivity index (χ4v) is 2.39. The fourth-order valence-electron chi connectivity index (χ4n) is 2.16. The van der Waals surface area contributed by atoms with Crippen LogP contribution in [0.4, 0.5) is 4.79 Å². The van der Waals surface area contributed by atoms with Crippen LogP contribution in [0.15, 0.2) is 48.5 Å². The minimum Gasteiger partial charge on any atom is -0.497 e. The molecule has 0 aliphatic heterocycles. The van der Waals surface area contributed by atoms with E-state index in [1.54, 1.807) is 12.1 Å². The highest BCUT2D eigenvalue weighted by Gasteiger charge is 2.22. The van der Waals surface area contributed by atoms with Gasteiger partial charge in [0, 0.05) is 17.1 Å². The molecule has 2 aromatic rings. The SMILES string of the molecule is COc1ccc(Cl)c(C(O)C(O)CNC(=O)OCc2ccccc2)c1. The zero-order valence-electron chi connectivity index (χ0n) is 13.7. The van der Waals surface area contributed by atoms with E-state index in [-0.39, 0.29) is 13.2 Å². The fraction of sp³-hybridized carbons (Fsp3) is 0.278. The van der Waals surface area contributed by atoms with Crippen LogP contribution in [0, 0.1) is 0 Å². The van der Waals surface area contributed by atoms with Crippen molar-refractivity contribution in [3.05, 3.63) is 64.7 Å². The van der Waals surface area contributed by atoms with Gasteiger partial charge in [0.05, 0.1) is 7.11 Å². The predicted octanol–water partition coefficient (Wildman–Crippen LogP) is 2.67. The summed E-state index contributed by atoms with van der Waals surface area (Å²) in [7, 11) is 1.49. The van der Waals surface area contributed by atoms with E-state index in [0.717, 1.165) is 5.56 Å². The van der Waals surface area contributed by atoms with Crippen LogP contribution >= 0.6 is 11.6 Å². The summed E-state index contributed by atoms with van der Waals surface area (Å²) >= 11 is 6.03. The third-order valence-electron chi connectivity index (χ3n) is 3.55. The van der Waals surface area contributed by atoms with Gasteiger partial charge in [-0.3, -0.25) is 0 Å². The predicted molar refractivity (Wildman–Crippen MR) is 93.6 cm³/mol. The summed E-state index contributed by atoms with van der Waals surface area (Å²) in [6.45, 7) is -0.0740. The largest absolute Gasteiger partial charge is 0.497 e. The molecule has 134 valence electrons. The number of aliphatic hydroxyl groups excluding tert-OH is 2. The molecule has 0 saturated heterocycles. The lowest BCUT2D eigenvalue weighted by Gasteiger charge is -2.20. The quantitative estimate of drug-likeness (QED) is 0.702. The molecule has 2 unspecified atom stereocenters. The van der Waals surface area contributed by atoms with Crippen LogP contribution in [0.3, 0.4) is 0 Å². The molecule has 0 spiro atoms. The van der Waals surface area contributed by atoms with Crippen LogP contribution < -0.4 is 10.1 Å². The topological polar surface area (TPSA) is 88.0 Å². The standard InChI is InChI=1S/C18H20ClNO5/c1-24-13-7-8-15(19)14(9-13)17(22)16(21)10-20-18(23)25-11-12-5-3-2-4-6-12/h2-9,16-17,21-22H,10-11H2,1H3,(H,20,23). The Morgan fingerprint density at radius 3 is 2.60 bits per heavy atom. The lowest BCUT2D eigenvalue weighted by atomic mass is 10.0. The first kappa shape index (κ1) is 19.1. The monoisotopic (exact) mass is 365 g/mol. The van der Waals surface area contributed by atoms with Crippen molar-refractivity contribution in [2.75, 3.05) is 13.7 Å². The Balaban J connectivity index is 1.84. The van der Waals surface area contributed by atoms with Gasteiger partial charge in [-0.1, -0.05) is 41.9 Å². The number of ether oxygens (including phenoxy) is 2. The van der Waals surface area contributed by atoms with Crippen molar-refractivity contribution in [3.8, 4) is 5.75 Å². The Morgan fingerprint density at radius 2 is 1.92 bits per heavy atom. The smallest absolute Gasteiger partial charge is 0.407 e. The molecule has 0 saturated carbocycles. The number of aliphatic hydroxyl groups is 2. The molecule has 0 radical (unpaired) electrons. The van der Waals surface area contributed by atoms with Crippen LogP contribution in [-0.4, -0.2) is 36.1 Å². The van der Waals surface area contributed by atoms with Gasteiger partial charge in [0.25, 0.3) is 0 Å². The van der Waals surface area contributed by atoms with E-state index < -0.39 is 18.3 Å². The maximum absolute atomic E-state index is 11.7. The summed E-state index contributed by atoms with van der Waals surface area (Å²) in [6.07, 6.45) is -3.22. The number of nitrogens with one attached hydrogen (secondary N) is 1. The number of carbonyl (C=O) groups is 1. The van der Waals surface area contributed by atoms with Gasteiger partial charge < -0.3 is 25.0 Å². The second-order valence-corrected chi connectivity index (χ2v) is 5.75. The van der Waals surface area contributed by atoms with Crippen molar-refractivity contribution in [2.24, 2.45) is 0 Å². The van der Waals surface area contributed by atoms with Crippen molar-refractivity contribution < 1.29 is 24.5 Å². The number of alkyl carbamates (subject to hydrolysis) is 1. The van der Waals surface area contributed by atoms with Gasteiger partial charge >= 0.3 is 6.09 Å². The zero-order valence-corrected chi connectivity index (χ0v) is 14.4. The number of rotatable bonds is 7. The number of halogens is 1. The Morgan fingerprint density at radius 1 is 1.20 bits per heavy atom. The first-order valence-corrected chi connectivity index (χ1v) is 8.03. The van der Waals surface area contributed by atoms with Gasteiger partial charge in [0.1, 0.15) is 24.6 Å². The third-order valence-corrected chi connectivity index (χ3v) is 3.90. The molecule has 0 heterocycles. The van der Waals surface area contributed by atoms with E-state index in [0.29, 0.717) is 16.3 Å². The first-order valence-electron chi connectivity index (χ1n) is 7.65. The molecule has 6 nitrogen and oxygen atoms in total. The molecular weight excluding hydrogens is 346 g/mol. The first-order chi connectivity index (χ1) is 12.0. The molecule has 3 N–H and O–H groups in total. The van der Waals surface area contributed by atoms with Crippen LogP contribution in [0.5, 0.6) is 5.75 Å². The molecule has 0 aliphatic rings. The number of carbonyl (C=O) groups excluding carboxylic acids is 1. The summed E-state index contributed by atoms with van der Waals surface area (Å²) in [5, 5.41) is 23.0. The van der Waals surface area contributed by atoms with Gasteiger partial charge in [-0.2, -0.15) is 0 Å². The van der Waals surface area contributed by atoms with Crippen LogP contribution in [-0.2, 0) is 11.3 Å². The highest BCUT2D eigenvalue weighted by molar-refractivity contribution is 6.31. The van der Waals surface area contributed by atoms with Gasteiger partial charge in [-0.25, -0.2) is 4.79 Å². The van der Waals surface area contributed by atoms with E-state index in [2.05, 4.69) is 5.32 Å². The summed E-state index contributed by atoms with van der Waals surface area (Å²) < 4.78 is 10.1. The summed E-state index contributed by atoms with van der Waals surface area (Å²) in [5.41, 5.74) is 1.16. The van der Waals surface area contributed by atoms with Crippen molar-refractivity contribution in [2.45, 2.75) is 18.8 Å². The summed E-state index contributed by atoms with van der Waals surface area (Å²) in [5.74, 6) is 0.501. The van der Waals surface area contributed by atoms with Crippen molar-refractivity contribution >= 4 is 17.7 Å². The van der Waals surface area contributed by atoms with Crippen LogP contribution in [0.25, 0.3) is 0 Å². The molecule has 0 fully saturated rings. The zero-order chi connectivity index (χ0) is 18.2. The molecule has 0 bridgehead atoms. The molecule has 0 aliphatic carbocycles. The number of hydrogen-bond donors (Lipinski definition) is 3. The minimum absolute atomic E-state index is 0.118. The van der Waals surface area contributed by atoms with Crippen molar-refractivity contribution in [1.29, 1.82) is 0 Å². The number of hydrogen-bond acceptors (Lipinski definition) is 5. The number of methoxy groups -OCH3 is 1. The minimum atomic E-state index is -1.28. The normalized spacial score (nSPS) is 13.0. The molecule has 0 aromatic heterocycles. The lowest BCUT2D eigenvalue weighted by molar-refractivity contribution is 0.0183. The Bertz CT molecular complexity index is 695. The maximum atomic E-state index is 11.7. The van der Waals surface area contributed by atoms with Gasteiger partial charge in [-0.15, -0.1) is 0 Å². The average molecular weight is 366 g/mol. The Hall–Kier alpha value is -2.28. The third kappa shape index (κ3) is 5.63. The van der Waals surface area contributed by atoms with E-state index >= 15 is 0 Å². The summed E-state index contributed by atoms with van der Waals surface area (Å²) in [6, 6.07) is 13.9. The highest BCUT2D eigenvalue weighted by atomic mass is 35.5.